The number of hydrogen-bond acceptors (Lipinski definition) is 8. The van der Waals surface area contributed by atoms with E-state index in [2.05, 4.69) is 30.3 Å². The summed E-state index contributed by atoms with van der Waals surface area (Å²) in [6.07, 6.45) is -5.60. The highest BCUT2D eigenvalue weighted by atomic mass is 31.2. The molecule has 0 amide bonds. The Labute approximate surface area is 166 Å². The number of halogens is 2. The van der Waals surface area contributed by atoms with Crippen molar-refractivity contribution in [2.75, 3.05) is 32.0 Å². The van der Waals surface area contributed by atoms with Crippen LogP contribution >= 0.6 is 7.82 Å². The van der Waals surface area contributed by atoms with E-state index in [1.54, 1.807) is 4.90 Å². The van der Waals surface area contributed by atoms with Crippen LogP contribution in [0.15, 0.2) is 17.1 Å². The molecule has 2 rings (SSSR count). The number of aliphatic hydroxyl groups excluding tert-OH is 1. The molecule has 168 valence electrons. The van der Waals surface area contributed by atoms with E-state index >= 15 is 0 Å². The predicted octanol–water partition coefficient (Wildman–Crippen LogP) is -1.87. The zero-order valence-electron chi connectivity index (χ0n) is 16.3. The van der Waals surface area contributed by atoms with E-state index in [0.717, 1.165) is 12.3 Å². The molecule has 0 bridgehead atoms. The molecule has 1 aromatic rings. The van der Waals surface area contributed by atoms with E-state index in [-0.39, 0.29) is 5.82 Å². The Kier molecular flexibility index (Phi) is 9.28. The molecule has 0 aliphatic carbocycles. The Morgan fingerprint density at radius 3 is 2.38 bits per heavy atom. The molecule has 0 radical (unpaired) electrons. The standard InChI is InChI=1S/C9H12F2N3O7P.C6H15N/c10-9(11)6(15)4(3-20-22(17,18)19)21-7(9)14-2-1-5(12)13-8(14)16;1-4-7(5-2)6-3/h1-2,4,6-7,15H,3H2,(H2,12,13,16)(H2,17,18,19);4-6H2,1-3H3. The number of nitrogens with zero attached hydrogens (tertiary/aromatic N) is 2. The lowest BCUT2D eigenvalue weighted by Crippen LogP contribution is -3.11. The molecule has 4 atom stereocenters. The minimum atomic E-state index is -5.18. The normalized spacial score (nSPS) is 25.3. The van der Waals surface area contributed by atoms with E-state index in [4.69, 9.17) is 15.4 Å². The van der Waals surface area contributed by atoms with Gasteiger partial charge in [-0.1, -0.05) is 0 Å². The molecule has 29 heavy (non-hydrogen) atoms. The van der Waals surface area contributed by atoms with Crippen molar-refractivity contribution in [1.82, 2.24) is 9.55 Å². The van der Waals surface area contributed by atoms with Crippen LogP contribution in [0.2, 0.25) is 0 Å². The Balaban J connectivity index is 0.000000516. The quantitative estimate of drug-likeness (QED) is 0.353. The monoisotopic (exact) mass is 444 g/mol. The third-order valence-electron chi connectivity index (χ3n) is 4.39. The smallest absolute Gasteiger partial charge is 0.351 e. The van der Waals surface area contributed by atoms with E-state index in [1.807, 2.05) is 0 Å². The van der Waals surface area contributed by atoms with Gasteiger partial charge in [-0.05, 0) is 26.8 Å². The molecule has 1 saturated heterocycles. The number of alkyl halides is 2. The molecule has 1 fully saturated rings. The molecule has 2 heterocycles. The number of aromatic nitrogens is 2. The van der Waals surface area contributed by atoms with E-state index in [9.17, 15) is 28.1 Å². The molecule has 1 aliphatic rings. The van der Waals surface area contributed by atoms with Crippen LogP contribution in [0.4, 0.5) is 14.6 Å². The maximum atomic E-state index is 14.0. The fraction of sp³-hybridized carbons (Fsp3) is 0.733. The van der Waals surface area contributed by atoms with Gasteiger partial charge in [0.2, 0.25) is 6.23 Å². The molecule has 4 unspecified atom stereocenters. The van der Waals surface area contributed by atoms with Gasteiger partial charge in [-0.25, -0.2) is 4.79 Å². The minimum absolute atomic E-state index is 0.199. The number of nitrogens with one attached hydrogen (secondary N) is 1. The van der Waals surface area contributed by atoms with Crippen molar-refractivity contribution in [2.24, 2.45) is 0 Å². The van der Waals surface area contributed by atoms with Crippen LogP contribution in [-0.4, -0.2) is 63.9 Å². The van der Waals surface area contributed by atoms with Gasteiger partial charge in [-0.15, -0.1) is 0 Å². The van der Waals surface area contributed by atoms with Gasteiger partial charge in [0, 0.05) is 6.20 Å². The third kappa shape index (κ3) is 7.07. The lowest BCUT2D eigenvalue weighted by atomic mass is 10.1. The number of hydrogen-bond donors (Lipinski definition) is 4. The maximum Gasteiger partial charge on any atom is 0.351 e. The Morgan fingerprint density at radius 2 is 1.97 bits per heavy atom. The lowest BCUT2D eigenvalue weighted by Gasteiger charge is -2.21. The van der Waals surface area contributed by atoms with Crippen molar-refractivity contribution in [1.29, 1.82) is 0 Å². The van der Waals surface area contributed by atoms with Crippen molar-refractivity contribution in [3.05, 3.63) is 22.7 Å². The minimum Gasteiger partial charge on any atom is -0.756 e. The first-order chi connectivity index (χ1) is 13.4. The van der Waals surface area contributed by atoms with Crippen LogP contribution < -0.4 is 21.2 Å². The van der Waals surface area contributed by atoms with Gasteiger partial charge in [-0.2, -0.15) is 13.8 Å². The molecular formula is C15H27F2N4O7P. The molecule has 14 heteroatoms. The zero-order valence-corrected chi connectivity index (χ0v) is 17.2. The number of rotatable bonds is 7. The average Bonchev–Trinajstić information content (AvgIpc) is 2.85. The molecule has 5 N–H and O–H groups in total. The SMILES string of the molecule is CC[NH+](CC)CC.Nc1ccn(C2OC(COP(=O)([O-])O)C(O)C2(F)F)c(=O)n1. The van der Waals surface area contributed by atoms with Crippen LogP contribution in [0.3, 0.4) is 0 Å². The highest BCUT2D eigenvalue weighted by Crippen LogP contribution is 2.43. The van der Waals surface area contributed by atoms with Crippen molar-refractivity contribution >= 4 is 13.6 Å². The number of aliphatic hydroxyl groups is 1. The largest absolute Gasteiger partial charge is 0.756 e. The first kappa shape index (κ1) is 25.6. The molecule has 0 aromatic carbocycles. The Morgan fingerprint density at radius 1 is 1.41 bits per heavy atom. The van der Waals surface area contributed by atoms with Crippen molar-refractivity contribution in [3.63, 3.8) is 0 Å². The average molecular weight is 444 g/mol. The summed E-state index contributed by atoms with van der Waals surface area (Å²) in [6, 6.07) is 1.07. The molecule has 0 spiro atoms. The van der Waals surface area contributed by atoms with Gasteiger partial charge in [0.1, 0.15) is 11.9 Å². The van der Waals surface area contributed by atoms with Gasteiger partial charge >= 0.3 is 11.6 Å². The molecular weight excluding hydrogens is 417 g/mol. The van der Waals surface area contributed by atoms with Crippen LogP contribution in [-0.2, 0) is 13.8 Å². The summed E-state index contributed by atoms with van der Waals surface area (Å²) in [5.74, 6) is -4.13. The number of phosphoric acid groups is 1. The van der Waals surface area contributed by atoms with Crippen LogP contribution in [0.1, 0.15) is 27.0 Å². The van der Waals surface area contributed by atoms with Gasteiger partial charge < -0.3 is 34.8 Å². The maximum absolute atomic E-state index is 14.0. The second-order valence-corrected chi connectivity index (χ2v) is 7.46. The summed E-state index contributed by atoms with van der Waals surface area (Å²) in [5, 5.41) is 9.50. The van der Waals surface area contributed by atoms with E-state index in [1.165, 1.54) is 19.6 Å². The molecule has 1 aromatic heterocycles. The Hall–Kier alpha value is -1.47. The van der Waals surface area contributed by atoms with Crippen LogP contribution in [0.5, 0.6) is 0 Å². The number of phosphoric ester groups is 1. The number of ether oxygens (including phenoxy) is 1. The second kappa shape index (κ2) is 10.5. The van der Waals surface area contributed by atoms with Gasteiger partial charge in [-0.3, -0.25) is 9.13 Å². The number of nitrogens with two attached hydrogens (primary N) is 1. The summed E-state index contributed by atoms with van der Waals surface area (Å²) in [5.41, 5.74) is 4.08. The van der Waals surface area contributed by atoms with Crippen molar-refractivity contribution < 1.29 is 42.4 Å². The summed E-state index contributed by atoms with van der Waals surface area (Å²) in [7, 11) is -5.18. The third-order valence-corrected chi connectivity index (χ3v) is 4.86. The van der Waals surface area contributed by atoms with Gasteiger partial charge in [0.25, 0.3) is 7.82 Å². The second-order valence-electron chi connectivity index (χ2n) is 6.26. The zero-order chi connectivity index (χ0) is 22.4. The van der Waals surface area contributed by atoms with Crippen molar-refractivity contribution in [2.45, 2.75) is 45.1 Å². The van der Waals surface area contributed by atoms with Gasteiger partial charge in [0.05, 0.1) is 26.2 Å². The Bertz CT molecular complexity index is 751. The molecule has 11 nitrogen and oxygen atoms in total. The molecule has 0 saturated carbocycles. The highest BCUT2D eigenvalue weighted by molar-refractivity contribution is 7.44. The number of nitrogen functional groups attached to an aromatic ring is 1. The summed E-state index contributed by atoms with van der Waals surface area (Å²) in [6.45, 7) is 9.43. The fourth-order valence-electron chi connectivity index (χ4n) is 2.63. The first-order valence-corrected chi connectivity index (χ1v) is 10.4. The predicted molar refractivity (Wildman–Crippen MR) is 96.1 cm³/mol. The summed E-state index contributed by atoms with van der Waals surface area (Å²) >= 11 is 0. The highest BCUT2D eigenvalue weighted by Gasteiger charge is 2.59. The number of anilines is 1. The van der Waals surface area contributed by atoms with Crippen LogP contribution in [0, 0.1) is 0 Å². The summed E-state index contributed by atoms with van der Waals surface area (Å²) in [4.78, 5) is 35.4. The van der Waals surface area contributed by atoms with E-state index in [0.29, 0.717) is 4.57 Å². The van der Waals surface area contributed by atoms with Gasteiger partial charge in [0.15, 0.2) is 6.10 Å². The lowest BCUT2D eigenvalue weighted by molar-refractivity contribution is -0.894. The van der Waals surface area contributed by atoms with Crippen molar-refractivity contribution in [3.8, 4) is 0 Å². The number of quaternary nitrogens is 1. The topological polar surface area (TPSA) is 164 Å². The van der Waals surface area contributed by atoms with E-state index < -0.39 is 44.5 Å². The van der Waals surface area contributed by atoms with Crippen LogP contribution in [0.25, 0.3) is 0 Å². The first-order valence-electron chi connectivity index (χ1n) is 8.95. The molecule has 1 aliphatic heterocycles. The fourth-order valence-corrected chi connectivity index (χ4v) is 2.96. The summed E-state index contributed by atoms with van der Waals surface area (Å²) < 4.78 is 47.5.